The zero-order valence-electron chi connectivity index (χ0n) is 21.9. The molecule has 2 aliphatic rings. The van der Waals surface area contributed by atoms with E-state index in [0.29, 0.717) is 12.2 Å². The number of nitrogens with zero attached hydrogens (tertiary/aromatic N) is 3. The minimum absolute atomic E-state index is 0.0381. The Morgan fingerprint density at radius 2 is 1.89 bits per heavy atom. The van der Waals surface area contributed by atoms with Gasteiger partial charge < -0.3 is 19.5 Å². The third-order valence-corrected chi connectivity index (χ3v) is 9.03. The van der Waals surface area contributed by atoms with Gasteiger partial charge in [-0.3, -0.25) is 0 Å². The molecule has 0 spiro atoms. The van der Waals surface area contributed by atoms with E-state index in [1.807, 2.05) is 11.0 Å². The van der Waals surface area contributed by atoms with Crippen molar-refractivity contribution in [1.29, 1.82) is 0 Å². The first kappa shape index (κ1) is 28.6. The molecule has 3 atom stereocenters. The minimum atomic E-state index is -3.76. The Kier molecular flexibility index (Phi) is 9.19. The Hall–Kier alpha value is -2.38. The predicted octanol–water partition coefficient (Wildman–Crippen LogP) is 3.17. The quantitative estimate of drug-likeness (QED) is 0.465. The summed E-state index contributed by atoms with van der Waals surface area (Å²) in [4.78, 5) is 6.03. The Morgan fingerprint density at radius 1 is 1.16 bits per heavy atom. The van der Waals surface area contributed by atoms with Gasteiger partial charge in [-0.15, -0.1) is 0 Å². The Labute approximate surface area is 222 Å². The summed E-state index contributed by atoms with van der Waals surface area (Å²) in [6.07, 6.45) is 4.61. The molecule has 2 N–H and O–H groups in total. The van der Waals surface area contributed by atoms with Crippen molar-refractivity contribution in [1.82, 2.24) is 14.0 Å². The van der Waals surface area contributed by atoms with Gasteiger partial charge in [0, 0.05) is 33.3 Å². The highest BCUT2D eigenvalue weighted by Gasteiger charge is 2.44. The molecule has 1 saturated carbocycles. The number of halogens is 2. The number of ether oxygens (including phenoxy) is 2. The van der Waals surface area contributed by atoms with E-state index in [1.165, 1.54) is 26.2 Å². The summed E-state index contributed by atoms with van der Waals surface area (Å²) in [7, 11) is 0.688. The highest BCUT2D eigenvalue weighted by molar-refractivity contribution is 7.87. The second-order valence-electron chi connectivity index (χ2n) is 10.2. The van der Waals surface area contributed by atoms with Crippen LogP contribution in [0.3, 0.4) is 0 Å². The number of pyridine rings is 1. The van der Waals surface area contributed by atoms with Gasteiger partial charge in [0.05, 0.1) is 37.6 Å². The van der Waals surface area contributed by atoms with E-state index in [4.69, 9.17) is 9.47 Å². The molecule has 12 heteroatoms. The molecule has 1 aliphatic carbocycles. The summed E-state index contributed by atoms with van der Waals surface area (Å²) in [5.74, 6) is -1.05. The fourth-order valence-corrected chi connectivity index (χ4v) is 6.31. The van der Waals surface area contributed by atoms with Crippen LogP contribution in [0.1, 0.15) is 43.6 Å². The second-order valence-corrected chi connectivity index (χ2v) is 12.1. The number of anilines is 1. The summed E-state index contributed by atoms with van der Waals surface area (Å²) in [5.41, 5.74) is 0.994. The first-order valence-corrected chi connectivity index (χ1v) is 14.2. The van der Waals surface area contributed by atoms with Crippen LogP contribution >= 0.6 is 0 Å². The van der Waals surface area contributed by atoms with Crippen LogP contribution in [0, 0.1) is 11.6 Å². The summed E-state index contributed by atoms with van der Waals surface area (Å²) >= 11 is 0. The number of hydrogen-bond donors (Lipinski definition) is 2. The smallest absolute Gasteiger partial charge is 0.279 e. The number of benzene rings is 1. The van der Waals surface area contributed by atoms with Crippen molar-refractivity contribution in [3.8, 4) is 5.75 Å². The Balaban J connectivity index is 1.51. The normalized spacial score (nSPS) is 26.3. The molecular formula is C26H36F2N4O5S. The molecule has 2 fully saturated rings. The van der Waals surface area contributed by atoms with E-state index >= 15 is 0 Å². The minimum Gasteiger partial charge on any atom is -0.505 e. The molecule has 0 amide bonds. The standard InChI is InChI=1S/C26H36F2N4O5S/c1-31(2)38(34,35)30-23-12-20(15-36-3)32(26-13-25(33)22(28)14-29-26)24(23)16-37-21-9-7-17(8-10-21)18-5-4-6-19(27)11-18/h4-6,11,13-14,17,20-21,23-24,30H,7-10,12,15-16H2,1-3H3,(H,29,33)/t17?,20-,21?,23-,24-/m0/s1. The lowest BCUT2D eigenvalue weighted by Crippen LogP contribution is -2.51. The molecule has 2 heterocycles. The lowest BCUT2D eigenvalue weighted by molar-refractivity contribution is 0.0151. The van der Waals surface area contributed by atoms with E-state index in [9.17, 15) is 22.3 Å². The molecular weight excluding hydrogens is 518 g/mol. The molecule has 9 nitrogen and oxygen atoms in total. The molecule has 0 bridgehead atoms. The molecule has 1 aromatic heterocycles. The first-order chi connectivity index (χ1) is 18.1. The highest BCUT2D eigenvalue weighted by atomic mass is 32.2. The van der Waals surface area contributed by atoms with Crippen molar-refractivity contribution in [3.05, 3.63) is 53.7 Å². The van der Waals surface area contributed by atoms with Gasteiger partial charge in [0.25, 0.3) is 10.2 Å². The molecule has 1 saturated heterocycles. The molecule has 2 aromatic rings. The maximum absolute atomic E-state index is 13.8. The SMILES string of the molecule is COC[C@@H]1C[C@H](NS(=O)(=O)N(C)C)[C@H](COC2CCC(c3cccc(F)c3)CC2)N1c1cc(O)c(F)cn1. The van der Waals surface area contributed by atoms with Gasteiger partial charge in [-0.1, -0.05) is 12.1 Å². The van der Waals surface area contributed by atoms with E-state index in [1.54, 1.807) is 19.2 Å². The van der Waals surface area contributed by atoms with Crippen LogP contribution in [0.25, 0.3) is 0 Å². The largest absolute Gasteiger partial charge is 0.505 e. The predicted molar refractivity (Wildman–Crippen MR) is 139 cm³/mol. The van der Waals surface area contributed by atoms with Crippen LogP contribution < -0.4 is 9.62 Å². The topological polar surface area (TPSA) is 104 Å². The number of hydrogen-bond acceptors (Lipinski definition) is 7. The molecule has 38 heavy (non-hydrogen) atoms. The summed E-state index contributed by atoms with van der Waals surface area (Å²) in [6, 6.07) is 6.64. The van der Waals surface area contributed by atoms with Gasteiger partial charge in [-0.05, 0) is 55.7 Å². The van der Waals surface area contributed by atoms with E-state index in [2.05, 4.69) is 9.71 Å². The van der Waals surface area contributed by atoms with Crippen molar-refractivity contribution in [2.45, 2.75) is 62.3 Å². The maximum atomic E-state index is 13.8. The zero-order valence-corrected chi connectivity index (χ0v) is 22.7. The summed E-state index contributed by atoms with van der Waals surface area (Å²) in [5, 5.41) is 10.0. The number of methoxy groups -OCH3 is 1. The summed E-state index contributed by atoms with van der Waals surface area (Å²) < 4.78 is 68.5. The number of aromatic hydroxyl groups is 1. The Bertz CT molecular complexity index is 1190. The van der Waals surface area contributed by atoms with Gasteiger partial charge in [0.1, 0.15) is 11.6 Å². The van der Waals surface area contributed by atoms with Crippen molar-refractivity contribution < 1.29 is 31.8 Å². The van der Waals surface area contributed by atoms with Gasteiger partial charge >= 0.3 is 0 Å². The second kappa shape index (κ2) is 12.2. The average molecular weight is 555 g/mol. The zero-order chi connectivity index (χ0) is 27.4. The van der Waals surface area contributed by atoms with E-state index in [0.717, 1.165) is 41.7 Å². The number of nitrogens with one attached hydrogen (secondary N) is 1. The van der Waals surface area contributed by atoms with Crippen molar-refractivity contribution in [2.75, 3.05) is 39.3 Å². The van der Waals surface area contributed by atoms with Crippen LogP contribution in [-0.2, 0) is 19.7 Å². The average Bonchev–Trinajstić information content (AvgIpc) is 3.20. The van der Waals surface area contributed by atoms with Crippen LogP contribution in [0.2, 0.25) is 0 Å². The third-order valence-electron chi connectivity index (χ3n) is 7.46. The van der Waals surface area contributed by atoms with Crippen LogP contribution in [0.15, 0.2) is 36.5 Å². The molecule has 0 unspecified atom stereocenters. The molecule has 4 rings (SSSR count). The van der Waals surface area contributed by atoms with Crippen molar-refractivity contribution in [2.24, 2.45) is 0 Å². The lowest BCUT2D eigenvalue weighted by Gasteiger charge is -2.35. The highest BCUT2D eigenvalue weighted by Crippen LogP contribution is 2.36. The summed E-state index contributed by atoms with van der Waals surface area (Å²) in [6.45, 7) is 0.463. The van der Waals surface area contributed by atoms with E-state index < -0.39 is 33.9 Å². The molecule has 1 aliphatic heterocycles. The fourth-order valence-electron chi connectivity index (χ4n) is 5.46. The number of rotatable bonds is 10. The first-order valence-electron chi connectivity index (χ1n) is 12.8. The molecule has 210 valence electrons. The van der Waals surface area contributed by atoms with E-state index in [-0.39, 0.29) is 37.1 Å². The van der Waals surface area contributed by atoms with Gasteiger partial charge in [0.15, 0.2) is 11.6 Å². The monoisotopic (exact) mass is 554 g/mol. The van der Waals surface area contributed by atoms with Crippen molar-refractivity contribution >= 4 is 16.0 Å². The van der Waals surface area contributed by atoms with Gasteiger partial charge in [0.2, 0.25) is 0 Å². The van der Waals surface area contributed by atoms with Crippen LogP contribution in [0.5, 0.6) is 5.75 Å². The van der Waals surface area contributed by atoms with Crippen molar-refractivity contribution in [3.63, 3.8) is 0 Å². The number of aromatic nitrogens is 1. The van der Waals surface area contributed by atoms with Crippen LogP contribution in [-0.4, -0.2) is 81.5 Å². The Morgan fingerprint density at radius 3 is 2.53 bits per heavy atom. The molecule has 0 radical (unpaired) electrons. The fraction of sp³-hybridized carbons (Fsp3) is 0.577. The van der Waals surface area contributed by atoms with Gasteiger partial charge in [-0.2, -0.15) is 17.4 Å². The van der Waals surface area contributed by atoms with Crippen LogP contribution in [0.4, 0.5) is 14.6 Å². The third kappa shape index (κ3) is 6.60. The molecule has 1 aromatic carbocycles. The maximum Gasteiger partial charge on any atom is 0.279 e. The lowest BCUT2D eigenvalue weighted by atomic mass is 9.82. The van der Waals surface area contributed by atoms with Gasteiger partial charge in [-0.25, -0.2) is 13.8 Å².